The predicted octanol–water partition coefficient (Wildman–Crippen LogP) is 3.24. The van der Waals surface area contributed by atoms with Crippen molar-refractivity contribution < 1.29 is 35.5 Å². The molecule has 5 nitrogen and oxygen atoms in total. The molecule has 0 atom stereocenters. The number of rotatable bonds is 2. The highest BCUT2D eigenvalue weighted by Crippen LogP contribution is 2.33. The third kappa shape index (κ3) is 3.46. The van der Waals surface area contributed by atoms with Gasteiger partial charge in [-0.15, -0.1) is 0 Å². The quantitative estimate of drug-likeness (QED) is 0.841. The van der Waals surface area contributed by atoms with Gasteiger partial charge in [0.1, 0.15) is 5.69 Å². The van der Waals surface area contributed by atoms with E-state index in [2.05, 4.69) is 10.1 Å². The number of nitrogens with one attached hydrogen (secondary N) is 1. The molecule has 0 aliphatic carbocycles. The molecule has 0 bridgehead atoms. The number of alkyl halides is 6. The minimum atomic E-state index is -5.07. The molecule has 0 aromatic carbocycles. The molecule has 0 saturated heterocycles. The highest BCUT2D eigenvalue weighted by molar-refractivity contribution is 6.03. The summed E-state index contributed by atoms with van der Waals surface area (Å²) in [6.07, 6.45) is -9.22. The van der Waals surface area contributed by atoms with Crippen LogP contribution in [0.1, 0.15) is 21.7 Å². The minimum Gasteiger partial charge on any atom is -0.304 e. The summed E-state index contributed by atoms with van der Waals surface area (Å²) in [6.45, 7) is 0. The monoisotopic (exact) mass is 356 g/mol. The lowest BCUT2D eigenvalue weighted by Gasteiger charge is -2.07. The van der Waals surface area contributed by atoms with Crippen LogP contribution in [0.4, 0.5) is 36.6 Å². The van der Waals surface area contributed by atoms with E-state index in [0.29, 0.717) is 16.9 Å². The zero-order chi connectivity index (χ0) is 18.3. The van der Waals surface area contributed by atoms with Crippen LogP contribution in [0.25, 0.3) is 0 Å². The van der Waals surface area contributed by atoms with Crippen molar-refractivity contribution in [3.8, 4) is 0 Å². The van der Waals surface area contributed by atoms with Gasteiger partial charge in [0.25, 0.3) is 5.91 Å². The Morgan fingerprint density at radius 1 is 1.12 bits per heavy atom. The number of nitrogens with zero attached hydrogens (tertiary/aromatic N) is 3. The van der Waals surface area contributed by atoms with Crippen molar-refractivity contribution in [3.05, 3.63) is 41.1 Å². The summed E-state index contributed by atoms with van der Waals surface area (Å²) < 4.78 is 88.8. The largest absolute Gasteiger partial charge is 0.438 e. The molecule has 2 heterocycles. The smallest absolute Gasteiger partial charge is 0.304 e. The van der Waals surface area contributed by atoms with Gasteiger partial charge in [-0.1, -0.05) is 0 Å². The maximum Gasteiger partial charge on any atom is 0.438 e. The van der Waals surface area contributed by atoms with Crippen molar-refractivity contribution >= 4 is 11.7 Å². The first kappa shape index (κ1) is 17.7. The van der Waals surface area contributed by atoms with E-state index in [-0.39, 0.29) is 0 Å². The maximum atomic E-state index is 13.7. The van der Waals surface area contributed by atoms with Crippen molar-refractivity contribution in [2.75, 3.05) is 5.32 Å². The molecule has 2 aromatic rings. The van der Waals surface area contributed by atoms with Crippen LogP contribution in [0.2, 0.25) is 0 Å². The number of pyridine rings is 1. The molecule has 1 amide bonds. The summed E-state index contributed by atoms with van der Waals surface area (Å²) in [6, 6.07) is 1.26. The number of hydrogen-bond donors (Lipinski definition) is 1. The Morgan fingerprint density at radius 2 is 1.75 bits per heavy atom. The summed E-state index contributed by atoms with van der Waals surface area (Å²) in [7, 11) is 0.957. The van der Waals surface area contributed by atoms with Gasteiger partial charge < -0.3 is 5.32 Å². The van der Waals surface area contributed by atoms with Crippen molar-refractivity contribution in [2.24, 2.45) is 7.05 Å². The van der Waals surface area contributed by atoms with Gasteiger partial charge in [-0.05, 0) is 12.1 Å². The van der Waals surface area contributed by atoms with Crippen LogP contribution in [-0.2, 0) is 19.4 Å². The highest BCUT2D eigenvalue weighted by atomic mass is 19.4. The Morgan fingerprint density at radius 3 is 2.17 bits per heavy atom. The zero-order valence-electron chi connectivity index (χ0n) is 11.6. The van der Waals surface area contributed by atoms with E-state index in [0.717, 1.165) is 13.1 Å². The van der Waals surface area contributed by atoms with Crippen LogP contribution in [-0.4, -0.2) is 20.7 Å². The predicted molar refractivity (Wildman–Crippen MR) is 65.4 cm³/mol. The Hall–Kier alpha value is -2.66. The number of carbonyl (C=O) groups is 1. The number of carbonyl (C=O) groups excluding carboxylic acids is 1. The van der Waals surface area contributed by atoms with Crippen LogP contribution in [0.3, 0.4) is 0 Å². The average molecular weight is 356 g/mol. The lowest BCUT2D eigenvalue weighted by atomic mass is 10.2. The van der Waals surface area contributed by atoms with Gasteiger partial charge in [-0.25, -0.2) is 9.07 Å². The van der Waals surface area contributed by atoms with Crippen LogP contribution in [0.5, 0.6) is 0 Å². The molecule has 0 spiro atoms. The topological polar surface area (TPSA) is 59.8 Å². The molecule has 0 unspecified atom stereocenters. The van der Waals surface area contributed by atoms with E-state index < -0.39 is 46.8 Å². The number of hydrogen-bond acceptors (Lipinski definition) is 3. The normalized spacial score (nSPS) is 12.3. The first-order valence-corrected chi connectivity index (χ1v) is 6.05. The van der Waals surface area contributed by atoms with E-state index in [1.807, 2.05) is 5.32 Å². The van der Waals surface area contributed by atoms with Crippen molar-refractivity contribution in [2.45, 2.75) is 12.4 Å². The molecule has 0 saturated carbocycles. The first-order chi connectivity index (χ1) is 10.9. The van der Waals surface area contributed by atoms with Crippen LogP contribution in [0.15, 0.2) is 18.3 Å². The molecule has 0 fully saturated rings. The third-order valence-corrected chi connectivity index (χ3v) is 2.81. The van der Waals surface area contributed by atoms with Crippen molar-refractivity contribution in [3.63, 3.8) is 0 Å². The molecule has 24 heavy (non-hydrogen) atoms. The fraction of sp³-hybridized carbons (Fsp3) is 0.250. The van der Waals surface area contributed by atoms with E-state index in [4.69, 9.17) is 0 Å². The van der Waals surface area contributed by atoms with E-state index in [1.54, 1.807) is 0 Å². The number of aromatic nitrogens is 3. The SMILES string of the molecule is Cn1nc(C(F)(F)F)c(F)c1NC(=O)c1ccc(C(F)(F)F)nc1. The Kier molecular flexibility index (Phi) is 4.25. The van der Waals surface area contributed by atoms with Gasteiger partial charge >= 0.3 is 12.4 Å². The first-order valence-electron chi connectivity index (χ1n) is 6.05. The standard InChI is InChI=1S/C12H7F7N4O/c1-23-9(7(13)8(22-23)12(17,18)19)21-10(24)5-2-3-6(20-4-5)11(14,15)16/h2-4H,1H3,(H,21,24). The minimum absolute atomic E-state index is 0.405. The summed E-state index contributed by atoms with van der Waals surface area (Å²) >= 11 is 0. The second kappa shape index (κ2) is 5.76. The molecule has 0 radical (unpaired) electrons. The second-order valence-electron chi connectivity index (χ2n) is 4.52. The number of anilines is 1. The average Bonchev–Trinajstić information content (AvgIpc) is 2.74. The fourth-order valence-corrected chi connectivity index (χ4v) is 1.69. The van der Waals surface area contributed by atoms with E-state index in [9.17, 15) is 35.5 Å². The second-order valence-corrected chi connectivity index (χ2v) is 4.52. The van der Waals surface area contributed by atoms with Crippen LogP contribution in [0, 0.1) is 5.82 Å². The maximum absolute atomic E-state index is 13.7. The highest BCUT2D eigenvalue weighted by Gasteiger charge is 2.40. The lowest BCUT2D eigenvalue weighted by molar-refractivity contribution is -0.144. The van der Waals surface area contributed by atoms with Gasteiger partial charge in [0.05, 0.1) is 5.56 Å². The van der Waals surface area contributed by atoms with E-state index >= 15 is 0 Å². The molecule has 0 aliphatic rings. The van der Waals surface area contributed by atoms with Gasteiger partial charge in [0, 0.05) is 13.2 Å². The van der Waals surface area contributed by atoms with Gasteiger partial charge in [-0.3, -0.25) is 9.78 Å². The summed E-state index contributed by atoms with van der Waals surface area (Å²) in [5.74, 6) is -3.84. The summed E-state index contributed by atoms with van der Waals surface area (Å²) in [4.78, 5) is 14.8. The number of halogens is 7. The van der Waals surface area contributed by atoms with Gasteiger partial charge in [0.15, 0.2) is 11.6 Å². The Labute approximate surface area is 129 Å². The van der Waals surface area contributed by atoms with Crippen LogP contribution < -0.4 is 5.32 Å². The molecule has 12 heteroatoms. The third-order valence-electron chi connectivity index (χ3n) is 2.81. The fourth-order valence-electron chi connectivity index (χ4n) is 1.69. The van der Waals surface area contributed by atoms with Gasteiger partial charge in [-0.2, -0.15) is 31.4 Å². The number of amides is 1. The summed E-state index contributed by atoms with van der Waals surface area (Å²) in [5.41, 5.74) is -3.49. The Bertz CT molecular complexity index is 761. The van der Waals surface area contributed by atoms with Crippen molar-refractivity contribution in [1.29, 1.82) is 0 Å². The molecule has 2 rings (SSSR count). The molecule has 2 aromatic heterocycles. The Balaban J connectivity index is 2.26. The van der Waals surface area contributed by atoms with E-state index in [1.165, 1.54) is 0 Å². The molecule has 0 aliphatic heterocycles. The molecule has 1 N–H and O–H groups in total. The number of aryl methyl sites for hydroxylation is 1. The lowest BCUT2D eigenvalue weighted by Crippen LogP contribution is -2.17. The summed E-state index contributed by atoms with van der Waals surface area (Å²) in [5, 5.41) is 4.72. The van der Waals surface area contributed by atoms with Crippen LogP contribution >= 0.6 is 0 Å². The molecular formula is C12H7F7N4O. The van der Waals surface area contributed by atoms with Crippen molar-refractivity contribution in [1.82, 2.24) is 14.8 Å². The van der Waals surface area contributed by atoms with Gasteiger partial charge in [0.2, 0.25) is 5.69 Å². The molecular weight excluding hydrogens is 349 g/mol. The molecule has 130 valence electrons. The zero-order valence-corrected chi connectivity index (χ0v) is 11.6.